The smallest absolute Gasteiger partial charge is 0.343 e. The zero-order valence-corrected chi connectivity index (χ0v) is 11.4. The normalized spacial score (nSPS) is 10.8. The van der Waals surface area contributed by atoms with Crippen molar-refractivity contribution in [2.45, 2.75) is 30.8 Å². The second kappa shape index (κ2) is 5.83. The first-order valence-electron chi connectivity index (χ1n) is 5.97. The first-order chi connectivity index (χ1) is 9.11. The maximum atomic E-state index is 11.5. The standard InChI is InChI=1S/C12H16N4O2S/c1-2-5-16-11(18)14-15-12(16)19-7-8-3-4-10(17)9(13)6-8/h3-4,6,17H,2,5,7,13H2,1H3,(H,14,18). The van der Waals surface area contributed by atoms with E-state index in [1.165, 1.54) is 11.8 Å². The van der Waals surface area contributed by atoms with Crippen LogP contribution in [-0.2, 0) is 12.3 Å². The molecule has 6 nitrogen and oxygen atoms in total. The molecule has 1 aromatic carbocycles. The average molecular weight is 280 g/mol. The molecule has 2 rings (SSSR count). The molecule has 0 spiro atoms. The summed E-state index contributed by atoms with van der Waals surface area (Å²) in [7, 11) is 0. The minimum atomic E-state index is -0.186. The molecular formula is C12H16N4O2S. The number of aromatic nitrogens is 3. The highest BCUT2D eigenvalue weighted by atomic mass is 32.2. The molecular weight excluding hydrogens is 264 g/mol. The third-order valence-corrected chi connectivity index (χ3v) is 3.68. The van der Waals surface area contributed by atoms with Gasteiger partial charge in [-0.25, -0.2) is 9.89 Å². The number of benzene rings is 1. The number of nitrogens with two attached hydrogens (primary N) is 1. The topological polar surface area (TPSA) is 96.9 Å². The van der Waals surface area contributed by atoms with Crippen LogP contribution in [0.3, 0.4) is 0 Å². The van der Waals surface area contributed by atoms with Crippen LogP contribution < -0.4 is 11.4 Å². The van der Waals surface area contributed by atoms with Crippen molar-refractivity contribution in [1.82, 2.24) is 14.8 Å². The molecule has 19 heavy (non-hydrogen) atoms. The first-order valence-corrected chi connectivity index (χ1v) is 6.95. The van der Waals surface area contributed by atoms with Crippen molar-refractivity contribution in [3.8, 4) is 5.75 Å². The number of phenols is 1. The van der Waals surface area contributed by atoms with E-state index in [4.69, 9.17) is 5.73 Å². The van der Waals surface area contributed by atoms with Crippen molar-refractivity contribution in [3.05, 3.63) is 34.2 Å². The van der Waals surface area contributed by atoms with E-state index in [0.29, 0.717) is 23.1 Å². The predicted molar refractivity (Wildman–Crippen MR) is 75.2 cm³/mol. The van der Waals surface area contributed by atoms with Gasteiger partial charge in [0.1, 0.15) is 5.75 Å². The number of aromatic amines is 1. The molecule has 0 saturated carbocycles. The van der Waals surface area contributed by atoms with Gasteiger partial charge in [0.25, 0.3) is 0 Å². The SMILES string of the molecule is CCCn1c(SCc2ccc(O)c(N)c2)n[nH]c1=O. The highest BCUT2D eigenvalue weighted by molar-refractivity contribution is 7.98. The van der Waals surface area contributed by atoms with Crippen molar-refractivity contribution in [2.24, 2.45) is 0 Å². The highest BCUT2D eigenvalue weighted by Gasteiger charge is 2.08. The number of phenolic OH excluding ortho intramolecular Hbond substituents is 1. The van der Waals surface area contributed by atoms with Crippen LogP contribution in [0.2, 0.25) is 0 Å². The lowest BCUT2D eigenvalue weighted by Gasteiger charge is -2.05. The Morgan fingerprint density at radius 3 is 3.00 bits per heavy atom. The van der Waals surface area contributed by atoms with Crippen LogP contribution in [0, 0.1) is 0 Å². The molecule has 0 fully saturated rings. The average Bonchev–Trinajstić information content (AvgIpc) is 2.73. The fourth-order valence-electron chi connectivity index (χ4n) is 1.68. The lowest BCUT2D eigenvalue weighted by molar-refractivity contribution is 0.478. The van der Waals surface area contributed by atoms with Crippen molar-refractivity contribution in [3.63, 3.8) is 0 Å². The molecule has 0 radical (unpaired) electrons. The summed E-state index contributed by atoms with van der Waals surface area (Å²) >= 11 is 1.46. The first kappa shape index (κ1) is 13.5. The minimum absolute atomic E-state index is 0.0800. The van der Waals surface area contributed by atoms with Gasteiger partial charge in [0, 0.05) is 12.3 Å². The fourth-order valence-corrected chi connectivity index (χ4v) is 2.59. The maximum absolute atomic E-state index is 11.5. The second-order valence-corrected chi connectivity index (χ2v) is 5.09. The molecule has 0 amide bonds. The summed E-state index contributed by atoms with van der Waals surface area (Å²) in [6, 6.07) is 5.08. The molecule has 4 N–H and O–H groups in total. The van der Waals surface area contributed by atoms with Crippen molar-refractivity contribution < 1.29 is 5.11 Å². The molecule has 0 aliphatic rings. The number of thioether (sulfide) groups is 1. The molecule has 0 bridgehead atoms. The van der Waals surface area contributed by atoms with Gasteiger partial charge in [-0.05, 0) is 24.1 Å². The van der Waals surface area contributed by atoms with Gasteiger partial charge < -0.3 is 10.8 Å². The summed E-state index contributed by atoms with van der Waals surface area (Å²) in [5, 5.41) is 16.5. The lowest BCUT2D eigenvalue weighted by Crippen LogP contribution is -2.17. The minimum Gasteiger partial charge on any atom is -0.506 e. The Bertz CT molecular complexity index is 620. The Morgan fingerprint density at radius 1 is 1.53 bits per heavy atom. The van der Waals surface area contributed by atoms with Crippen LogP contribution in [0.25, 0.3) is 0 Å². The summed E-state index contributed by atoms with van der Waals surface area (Å²) in [4.78, 5) is 11.5. The van der Waals surface area contributed by atoms with Crippen LogP contribution in [-0.4, -0.2) is 19.9 Å². The molecule has 0 saturated heterocycles. The van der Waals surface area contributed by atoms with Gasteiger partial charge in [0.15, 0.2) is 5.16 Å². The third kappa shape index (κ3) is 3.11. The number of nitrogens with zero attached hydrogens (tertiary/aromatic N) is 2. The van der Waals surface area contributed by atoms with Gasteiger partial charge in [-0.15, -0.1) is 5.10 Å². The van der Waals surface area contributed by atoms with E-state index >= 15 is 0 Å². The van der Waals surface area contributed by atoms with Crippen LogP contribution in [0.1, 0.15) is 18.9 Å². The Balaban J connectivity index is 2.10. The number of anilines is 1. The number of hydrogen-bond donors (Lipinski definition) is 3. The van der Waals surface area contributed by atoms with Gasteiger partial charge in [0.05, 0.1) is 5.69 Å². The van der Waals surface area contributed by atoms with Gasteiger partial charge in [0.2, 0.25) is 0 Å². The van der Waals surface area contributed by atoms with Crippen LogP contribution in [0.15, 0.2) is 28.2 Å². The highest BCUT2D eigenvalue weighted by Crippen LogP contribution is 2.25. The maximum Gasteiger partial charge on any atom is 0.343 e. The summed E-state index contributed by atoms with van der Waals surface area (Å²) in [6.45, 7) is 2.66. The number of rotatable bonds is 5. The summed E-state index contributed by atoms with van der Waals surface area (Å²) in [5.41, 5.74) is 6.77. The summed E-state index contributed by atoms with van der Waals surface area (Å²) < 4.78 is 1.62. The molecule has 0 aliphatic heterocycles. The molecule has 7 heteroatoms. The van der Waals surface area contributed by atoms with Crippen molar-refractivity contribution in [1.29, 1.82) is 0 Å². The van der Waals surface area contributed by atoms with Gasteiger partial charge in [-0.1, -0.05) is 24.8 Å². The largest absolute Gasteiger partial charge is 0.506 e. The third-order valence-electron chi connectivity index (χ3n) is 2.63. The van der Waals surface area contributed by atoms with E-state index in [-0.39, 0.29) is 11.4 Å². The van der Waals surface area contributed by atoms with E-state index in [2.05, 4.69) is 10.2 Å². The quantitative estimate of drug-likeness (QED) is 0.439. The van der Waals surface area contributed by atoms with E-state index in [1.54, 1.807) is 22.8 Å². The number of nitrogen functional groups attached to an aromatic ring is 1. The lowest BCUT2D eigenvalue weighted by atomic mass is 10.2. The van der Waals surface area contributed by atoms with Gasteiger partial charge >= 0.3 is 5.69 Å². The zero-order valence-electron chi connectivity index (χ0n) is 10.6. The Morgan fingerprint density at radius 2 is 2.32 bits per heavy atom. The van der Waals surface area contributed by atoms with Crippen LogP contribution in [0.4, 0.5) is 5.69 Å². The van der Waals surface area contributed by atoms with Crippen LogP contribution in [0.5, 0.6) is 5.75 Å². The summed E-state index contributed by atoms with van der Waals surface area (Å²) in [5.74, 6) is 0.717. The number of H-pyrrole nitrogens is 1. The molecule has 2 aromatic rings. The molecule has 0 aliphatic carbocycles. The molecule has 0 unspecified atom stereocenters. The Labute approximate surface area is 114 Å². The van der Waals surface area contributed by atoms with E-state index in [9.17, 15) is 9.90 Å². The molecule has 1 aromatic heterocycles. The van der Waals surface area contributed by atoms with E-state index in [1.807, 2.05) is 6.92 Å². The Kier molecular flexibility index (Phi) is 4.16. The predicted octanol–water partition coefficient (Wildman–Crippen LogP) is 1.56. The number of aromatic hydroxyl groups is 1. The van der Waals surface area contributed by atoms with E-state index in [0.717, 1.165) is 12.0 Å². The monoisotopic (exact) mass is 280 g/mol. The fraction of sp³-hybridized carbons (Fsp3) is 0.333. The number of hydrogen-bond acceptors (Lipinski definition) is 5. The van der Waals surface area contributed by atoms with Gasteiger partial charge in [-0.3, -0.25) is 4.57 Å². The van der Waals surface area contributed by atoms with Gasteiger partial charge in [-0.2, -0.15) is 0 Å². The summed E-state index contributed by atoms with van der Waals surface area (Å²) in [6.07, 6.45) is 0.874. The van der Waals surface area contributed by atoms with Crippen molar-refractivity contribution in [2.75, 3.05) is 5.73 Å². The molecule has 1 heterocycles. The van der Waals surface area contributed by atoms with E-state index < -0.39 is 0 Å². The second-order valence-electron chi connectivity index (χ2n) is 4.14. The molecule has 102 valence electrons. The number of nitrogens with one attached hydrogen (secondary N) is 1. The van der Waals surface area contributed by atoms with Crippen LogP contribution >= 0.6 is 11.8 Å². The zero-order chi connectivity index (χ0) is 13.8. The molecule has 0 atom stereocenters. The Hall–Kier alpha value is -1.89. The van der Waals surface area contributed by atoms with Crippen molar-refractivity contribution >= 4 is 17.4 Å².